The molecule has 4 aliphatic carbocycles. The third-order valence-corrected chi connectivity index (χ3v) is 6.21. The third kappa shape index (κ3) is 1.49. The van der Waals surface area contributed by atoms with E-state index in [2.05, 4.69) is 0 Å². The SMILES string of the molecule is O=C1OC(c2ccccc2)=NC12C1CC3CC(C1)CC2C3. The Morgan fingerprint density at radius 2 is 1.57 bits per heavy atom. The standard InChI is InChI=1S/C18H19NO2/c20-17-18(19-16(21-17)13-4-2-1-3-5-13)14-7-11-6-12(9-14)10-15(18)8-11/h1-5,11-12,14-15H,6-10H2. The van der Waals surface area contributed by atoms with Gasteiger partial charge in [-0.05, 0) is 67.9 Å². The van der Waals surface area contributed by atoms with Crippen LogP contribution in [0.2, 0.25) is 0 Å². The van der Waals surface area contributed by atoms with E-state index in [0.717, 1.165) is 17.4 Å². The van der Waals surface area contributed by atoms with Gasteiger partial charge in [-0.25, -0.2) is 9.79 Å². The number of hydrogen-bond donors (Lipinski definition) is 0. The number of esters is 1. The van der Waals surface area contributed by atoms with Crippen molar-refractivity contribution < 1.29 is 9.53 Å². The third-order valence-electron chi connectivity index (χ3n) is 6.21. The van der Waals surface area contributed by atoms with Crippen molar-refractivity contribution in [1.29, 1.82) is 0 Å². The number of benzene rings is 1. The molecule has 1 aromatic carbocycles. The molecule has 0 saturated heterocycles. The fourth-order valence-corrected chi connectivity index (χ4v) is 5.53. The van der Waals surface area contributed by atoms with E-state index in [4.69, 9.17) is 9.73 Å². The summed E-state index contributed by atoms with van der Waals surface area (Å²) in [5, 5.41) is 0. The van der Waals surface area contributed by atoms with E-state index in [-0.39, 0.29) is 5.97 Å². The predicted molar refractivity (Wildman–Crippen MR) is 78.8 cm³/mol. The van der Waals surface area contributed by atoms with Gasteiger partial charge in [0, 0.05) is 5.56 Å². The molecular weight excluding hydrogens is 262 g/mol. The molecule has 1 aromatic rings. The molecule has 3 heteroatoms. The Labute approximate surface area is 124 Å². The summed E-state index contributed by atoms with van der Waals surface area (Å²) in [6.07, 6.45) is 6.08. The number of hydrogen-bond acceptors (Lipinski definition) is 3. The van der Waals surface area contributed by atoms with E-state index >= 15 is 0 Å². The van der Waals surface area contributed by atoms with Gasteiger partial charge in [-0.2, -0.15) is 0 Å². The zero-order valence-corrected chi connectivity index (χ0v) is 12.0. The molecule has 1 heterocycles. The van der Waals surface area contributed by atoms with Gasteiger partial charge in [0.05, 0.1) is 0 Å². The van der Waals surface area contributed by atoms with Crippen molar-refractivity contribution in [3.63, 3.8) is 0 Å². The Hall–Kier alpha value is -1.64. The number of aliphatic imine (C=N–C) groups is 1. The lowest BCUT2D eigenvalue weighted by molar-refractivity contribution is -0.153. The molecule has 3 nitrogen and oxygen atoms in total. The van der Waals surface area contributed by atoms with Gasteiger partial charge in [-0.3, -0.25) is 0 Å². The van der Waals surface area contributed by atoms with Crippen LogP contribution >= 0.6 is 0 Å². The van der Waals surface area contributed by atoms with Gasteiger partial charge < -0.3 is 4.74 Å². The lowest BCUT2D eigenvalue weighted by Crippen LogP contribution is -2.59. The van der Waals surface area contributed by atoms with E-state index < -0.39 is 5.54 Å². The summed E-state index contributed by atoms with van der Waals surface area (Å²) >= 11 is 0. The highest BCUT2D eigenvalue weighted by Crippen LogP contribution is 2.61. The molecule has 21 heavy (non-hydrogen) atoms. The van der Waals surface area contributed by atoms with Crippen LogP contribution in [-0.2, 0) is 9.53 Å². The monoisotopic (exact) mass is 281 g/mol. The summed E-state index contributed by atoms with van der Waals surface area (Å²) in [6.45, 7) is 0. The van der Waals surface area contributed by atoms with Crippen LogP contribution in [0.1, 0.15) is 37.7 Å². The molecule has 108 valence electrons. The first-order valence-electron chi connectivity index (χ1n) is 8.13. The molecule has 0 aromatic heterocycles. The molecule has 0 N–H and O–H groups in total. The van der Waals surface area contributed by atoms with Gasteiger partial charge in [0.2, 0.25) is 5.90 Å². The Balaban J connectivity index is 1.59. The number of carbonyl (C=O) groups is 1. The van der Waals surface area contributed by atoms with Crippen molar-refractivity contribution in [1.82, 2.24) is 0 Å². The van der Waals surface area contributed by atoms with Gasteiger partial charge in [0.25, 0.3) is 0 Å². The maximum atomic E-state index is 12.7. The topological polar surface area (TPSA) is 38.7 Å². The van der Waals surface area contributed by atoms with Gasteiger partial charge in [0.15, 0.2) is 5.54 Å². The van der Waals surface area contributed by atoms with Crippen LogP contribution in [0.4, 0.5) is 0 Å². The molecule has 4 fully saturated rings. The Morgan fingerprint density at radius 1 is 0.952 bits per heavy atom. The number of rotatable bonds is 1. The molecule has 4 bridgehead atoms. The molecule has 1 spiro atoms. The van der Waals surface area contributed by atoms with Crippen LogP contribution in [0.15, 0.2) is 35.3 Å². The van der Waals surface area contributed by atoms with Crippen LogP contribution in [-0.4, -0.2) is 17.4 Å². The molecular formula is C18H19NO2. The Kier molecular flexibility index (Phi) is 2.26. The van der Waals surface area contributed by atoms with Crippen molar-refractivity contribution in [2.45, 2.75) is 37.6 Å². The van der Waals surface area contributed by atoms with Gasteiger partial charge in [-0.1, -0.05) is 18.2 Å². The predicted octanol–water partition coefficient (Wildman–Crippen LogP) is 3.18. The second kappa shape index (κ2) is 3.96. The van der Waals surface area contributed by atoms with Gasteiger partial charge >= 0.3 is 5.97 Å². The molecule has 0 amide bonds. The lowest BCUT2D eigenvalue weighted by atomic mass is 9.49. The van der Waals surface area contributed by atoms with Crippen molar-refractivity contribution in [2.75, 3.05) is 0 Å². The zero-order chi connectivity index (χ0) is 14.0. The van der Waals surface area contributed by atoms with Gasteiger partial charge in [0.1, 0.15) is 0 Å². The fraction of sp³-hybridized carbons (Fsp3) is 0.556. The van der Waals surface area contributed by atoms with E-state index in [9.17, 15) is 4.79 Å². The number of cyclic esters (lactones) is 1. The smallest absolute Gasteiger partial charge is 0.341 e. The average Bonchev–Trinajstić information content (AvgIpc) is 2.84. The van der Waals surface area contributed by atoms with E-state index in [1.165, 1.54) is 32.1 Å². The molecule has 0 atom stereocenters. The van der Waals surface area contributed by atoms with Crippen molar-refractivity contribution in [3.8, 4) is 0 Å². The first-order chi connectivity index (χ1) is 10.3. The highest BCUT2D eigenvalue weighted by molar-refractivity contribution is 6.08. The summed E-state index contributed by atoms with van der Waals surface area (Å²) in [6, 6.07) is 9.85. The molecule has 4 saturated carbocycles. The molecule has 5 aliphatic rings. The highest BCUT2D eigenvalue weighted by atomic mass is 16.6. The van der Waals surface area contributed by atoms with Crippen LogP contribution in [0.25, 0.3) is 0 Å². The second-order valence-corrected chi connectivity index (χ2v) is 7.30. The molecule has 1 aliphatic heterocycles. The number of nitrogens with zero attached hydrogens (tertiary/aromatic N) is 1. The van der Waals surface area contributed by atoms with E-state index in [0.29, 0.717) is 17.7 Å². The van der Waals surface area contributed by atoms with E-state index in [1.807, 2.05) is 30.3 Å². The summed E-state index contributed by atoms with van der Waals surface area (Å²) in [5.74, 6) is 2.98. The highest BCUT2D eigenvalue weighted by Gasteiger charge is 2.64. The minimum absolute atomic E-state index is 0.0739. The molecule has 0 unspecified atom stereocenters. The number of carbonyl (C=O) groups excluding carboxylic acids is 1. The summed E-state index contributed by atoms with van der Waals surface area (Å²) < 4.78 is 5.64. The summed E-state index contributed by atoms with van der Waals surface area (Å²) in [4.78, 5) is 17.6. The minimum Gasteiger partial charge on any atom is -0.405 e. The lowest BCUT2D eigenvalue weighted by Gasteiger charge is -2.56. The van der Waals surface area contributed by atoms with Crippen LogP contribution in [0.5, 0.6) is 0 Å². The normalized spacial score (nSPS) is 43.2. The van der Waals surface area contributed by atoms with Crippen LogP contribution < -0.4 is 0 Å². The Bertz CT molecular complexity index is 606. The van der Waals surface area contributed by atoms with Crippen molar-refractivity contribution in [2.24, 2.45) is 28.7 Å². The first-order valence-corrected chi connectivity index (χ1v) is 8.13. The van der Waals surface area contributed by atoms with Crippen LogP contribution in [0, 0.1) is 23.7 Å². The summed E-state index contributed by atoms with van der Waals surface area (Å²) in [5.41, 5.74) is 0.384. The van der Waals surface area contributed by atoms with Crippen molar-refractivity contribution in [3.05, 3.63) is 35.9 Å². The fourth-order valence-electron chi connectivity index (χ4n) is 5.53. The minimum atomic E-state index is -0.543. The number of ether oxygens (including phenoxy) is 1. The molecule has 6 rings (SSSR count). The average molecular weight is 281 g/mol. The van der Waals surface area contributed by atoms with E-state index in [1.54, 1.807) is 0 Å². The van der Waals surface area contributed by atoms with Crippen LogP contribution in [0.3, 0.4) is 0 Å². The summed E-state index contributed by atoms with van der Waals surface area (Å²) in [7, 11) is 0. The zero-order valence-electron chi connectivity index (χ0n) is 12.0. The first kappa shape index (κ1) is 12.0. The second-order valence-electron chi connectivity index (χ2n) is 7.30. The maximum absolute atomic E-state index is 12.7. The Morgan fingerprint density at radius 3 is 2.19 bits per heavy atom. The largest absolute Gasteiger partial charge is 0.405 e. The van der Waals surface area contributed by atoms with Gasteiger partial charge in [-0.15, -0.1) is 0 Å². The maximum Gasteiger partial charge on any atom is 0.341 e. The molecule has 0 radical (unpaired) electrons. The quantitative estimate of drug-likeness (QED) is 0.742. The van der Waals surface area contributed by atoms with Crippen molar-refractivity contribution >= 4 is 11.9 Å².